The summed E-state index contributed by atoms with van der Waals surface area (Å²) >= 11 is 0. The Balaban J connectivity index is 2.10. The van der Waals surface area contributed by atoms with Crippen molar-refractivity contribution in [2.45, 2.75) is 19.1 Å². The number of rotatable bonds is 1. The lowest BCUT2D eigenvalue weighted by molar-refractivity contribution is 0.0572. The Hall–Kier alpha value is -1.40. The van der Waals surface area contributed by atoms with Crippen LogP contribution in [0.25, 0.3) is 0 Å². The van der Waals surface area contributed by atoms with Crippen molar-refractivity contribution in [3.8, 4) is 0 Å². The first-order valence-corrected chi connectivity index (χ1v) is 4.66. The van der Waals surface area contributed by atoms with Gasteiger partial charge >= 0.3 is 0 Å². The smallest absolute Gasteiger partial charge is 0.276 e. The number of aryl methyl sites for hydroxylation is 1. The lowest BCUT2D eigenvalue weighted by Gasteiger charge is -2.12. The van der Waals surface area contributed by atoms with Gasteiger partial charge in [0.15, 0.2) is 5.69 Å². The average Bonchev–Trinajstić information content (AvgIpc) is 2.74. The van der Waals surface area contributed by atoms with Crippen molar-refractivity contribution < 1.29 is 19.5 Å². The highest BCUT2D eigenvalue weighted by molar-refractivity contribution is 5.92. The minimum atomic E-state index is -0.873. The van der Waals surface area contributed by atoms with Crippen molar-refractivity contribution in [2.24, 2.45) is 0 Å². The predicted octanol–water partition coefficient (Wildman–Crippen LogP) is -0.839. The van der Waals surface area contributed by atoms with Crippen molar-refractivity contribution >= 4 is 5.91 Å². The van der Waals surface area contributed by atoms with Crippen LogP contribution in [-0.4, -0.2) is 51.5 Å². The minimum absolute atomic E-state index is 0.131. The Labute approximate surface area is 86.1 Å². The molecule has 0 saturated carbocycles. The fraction of sp³-hybridized carbons (Fsp3) is 0.556. The van der Waals surface area contributed by atoms with Gasteiger partial charge in [-0.05, 0) is 6.92 Å². The third kappa shape index (κ3) is 1.86. The molecule has 15 heavy (non-hydrogen) atoms. The van der Waals surface area contributed by atoms with E-state index in [1.165, 1.54) is 11.0 Å². The van der Waals surface area contributed by atoms with Gasteiger partial charge in [-0.1, -0.05) is 5.16 Å². The second kappa shape index (κ2) is 3.63. The van der Waals surface area contributed by atoms with Crippen LogP contribution in [0.3, 0.4) is 0 Å². The van der Waals surface area contributed by atoms with Crippen molar-refractivity contribution in [2.75, 3.05) is 13.1 Å². The van der Waals surface area contributed by atoms with Crippen molar-refractivity contribution in [1.29, 1.82) is 0 Å². The quantitative estimate of drug-likeness (QED) is 0.634. The summed E-state index contributed by atoms with van der Waals surface area (Å²) in [5, 5.41) is 22.1. The molecular weight excluding hydrogens is 200 g/mol. The maximum Gasteiger partial charge on any atom is 0.276 e. The van der Waals surface area contributed by atoms with E-state index in [4.69, 9.17) is 4.52 Å². The summed E-state index contributed by atoms with van der Waals surface area (Å²) < 4.78 is 4.78. The fourth-order valence-corrected chi connectivity index (χ4v) is 1.56. The molecule has 2 N–H and O–H groups in total. The number of β-amino-alcohol motifs (C(OH)–C–C–N with tert-alkyl or cyclic N) is 2. The zero-order chi connectivity index (χ0) is 11.0. The molecule has 1 amide bonds. The highest BCUT2D eigenvalue weighted by atomic mass is 16.5. The van der Waals surface area contributed by atoms with Gasteiger partial charge in [0, 0.05) is 19.2 Å². The summed E-state index contributed by atoms with van der Waals surface area (Å²) in [6.45, 7) is 1.95. The second-order valence-electron chi connectivity index (χ2n) is 3.67. The van der Waals surface area contributed by atoms with Crippen molar-refractivity contribution in [3.63, 3.8) is 0 Å². The molecule has 6 heteroatoms. The van der Waals surface area contributed by atoms with E-state index in [9.17, 15) is 15.0 Å². The first-order valence-electron chi connectivity index (χ1n) is 4.66. The van der Waals surface area contributed by atoms with Crippen LogP contribution in [0.4, 0.5) is 0 Å². The van der Waals surface area contributed by atoms with Gasteiger partial charge in [0.2, 0.25) is 0 Å². The zero-order valence-corrected chi connectivity index (χ0v) is 8.25. The van der Waals surface area contributed by atoms with Crippen LogP contribution in [0.5, 0.6) is 0 Å². The maximum absolute atomic E-state index is 11.7. The first-order chi connectivity index (χ1) is 7.08. The van der Waals surface area contributed by atoms with Crippen molar-refractivity contribution in [3.05, 3.63) is 17.5 Å². The van der Waals surface area contributed by atoms with Crippen LogP contribution in [0.1, 0.15) is 16.2 Å². The van der Waals surface area contributed by atoms with E-state index in [0.717, 1.165) is 0 Å². The van der Waals surface area contributed by atoms with Crippen LogP contribution in [0, 0.1) is 6.92 Å². The van der Waals surface area contributed by atoms with Crippen molar-refractivity contribution in [1.82, 2.24) is 10.1 Å². The summed E-state index contributed by atoms with van der Waals surface area (Å²) in [5.74, 6) is 0.223. The molecule has 1 aliphatic heterocycles. The summed E-state index contributed by atoms with van der Waals surface area (Å²) in [5.41, 5.74) is 0.203. The lowest BCUT2D eigenvalue weighted by atomic mass is 10.3. The first kappa shape index (κ1) is 10.1. The Kier molecular flexibility index (Phi) is 2.45. The van der Waals surface area contributed by atoms with E-state index in [1.807, 2.05) is 0 Å². The van der Waals surface area contributed by atoms with Gasteiger partial charge in [-0.25, -0.2) is 0 Å². The number of hydrogen-bond donors (Lipinski definition) is 2. The SMILES string of the molecule is Cc1cc(C(=O)N2C[C@@H](O)[C@@H](O)C2)no1. The van der Waals surface area contributed by atoms with Gasteiger partial charge in [-0.3, -0.25) is 4.79 Å². The third-order valence-corrected chi connectivity index (χ3v) is 2.39. The van der Waals surface area contributed by atoms with Crippen LogP contribution < -0.4 is 0 Å². The predicted molar refractivity (Wildman–Crippen MR) is 49.2 cm³/mol. The molecule has 0 aromatic carbocycles. The molecule has 2 rings (SSSR count). The number of carbonyl (C=O) groups is 1. The normalized spacial score (nSPS) is 25.9. The number of aromatic nitrogens is 1. The molecule has 2 atom stereocenters. The van der Waals surface area contributed by atoms with E-state index in [2.05, 4.69) is 5.16 Å². The molecule has 0 bridgehead atoms. The number of nitrogens with zero attached hydrogens (tertiary/aromatic N) is 2. The molecule has 1 aromatic rings. The monoisotopic (exact) mass is 212 g/mol. The molecule has 1 saturated heterocycles. The summed E-state index contributed by atoms with van der Waals surface area (Å²) in [4.78, 5) is 13.1. The Morgan fingerprint density at radius 3 is 2.60 bits per heavy atom. The Bertz CT molecular complexity index is 366. The largest absolute Gasteiger partial charge is 0.388 e. The minimum Gasteiger partial charge on any atom is -0.388 e. The molecule has 0 radical (unpaired) electrons. The number of amides is 1. The molecule has 82 valence electrons. The van der Waals surface area contributed by atoms with Crippen LogP contribution >= 0.6 is 0 Å². The van der Waals surface area contributed by atoms with Crippen LogP contribution in [0.15, 0.2) is 10.6 Å². The van der Waals surface area contributed by atoms with E-state index >= 15 is 0 Å². The Morgan fingerprint density at radius 2 is 2.13 bits per heavy atom. The Morgan fingerprint density at radius 1 is 1.53 bits per heavy atom. The number of aliphatic hydroxyl groups is 2. The number of carbonyl (C=O) groups excluding carboxylic acids is 1. The molecule has 2 heterocycles. The third-order valence-electron chi connectivity index (χ3n) is 2.39. The van der Waals surface area contributed by atoms with Crippen LogP contribution in [0.2, 0.25) is 0 Å². The average molecular weight is 212 g/mol. The van der Waals surface area contributed by atoms with Gasteiger partial charge in [0.25, 0.3) is 5.91 Å². The lowest BCUT2D eigenvalue weighted by Crippen LogP contribution is -2.30. The zero-order valence-electron chi connectivity index (χ0n) is 8.25. The summed E-state index contributed by atoms with van der Waals surface area (Å²) in [7, 11) is 0. The number of likely N-dealkylation sites (tertiary alicyclic amines) is 1. The summed E-state index contributed by atoms with van der Waals surface area (Å²) in [6.07, 6.45) is -1.75. The van der Waals surface area contributed by atoms with Gasteiger partial charge in [0.05, 0.1) is 12.2 Å². The molecule has 0 aliphatic carbocycles. The fourth-order valence-electron chi connectivity index (χ4n) is 1.56. The molecule has 0 spiro atoms. The van der Waals surface area contributed by atoms with E-state index in [0.29, 0.717) is 5.76 Å². The maximum atomic E-state index is 11.7. The number of aliphatic hydroxyl groups excluding tert-OH is 2. The molecule has 1 fully saturated rings. The topological polar surface area (TPSA) is 86.8 Å². The second-order valence-corrected chi connectivity index (χ2v) is 3.67. The van der Waals surface area contributed by atoms with E-state index < -0.39 is 12.2 Å². The molecular formula is C9H12N2O4. The van der Waals surface area contributed by atoms with Gasteiger partial charge in [-0.15, -0.1) is 0 Å². The van der Waals surface area contributed by atoms with Gasteiger partial charge in [0.1, 0.15) is 5.76 Å². The molecule has 1 aliphatic rings. The van der Waals surface area contributed by atoms with E-state index in [1.54, 1.807) is 6.92 Å². The molecule has 6 nitrogen and oxygen atoms in total. The molecule has 1 aromatic heterocycles. The van der Waals surface area contributed by atoms with Crippen LogP contribution in [-0.2, 0) is 0 Å². The standard InChI is InChI=1S/C9H12N2O4/c1-5-2-6(10-15-5)9(14)11-3-7(12)8(13)4-11/h2,7-8,12-13H,3-4H2,1H3/t7-,8+. The van der Waals surface area contributed by atoms with Gasteiger partial charge in [-0.2, -0.15) is 0 Å². The van der Waals surface area contributed by atoms with E-state index in [-0.39, 0.29) is 24.7 Å². The molecule has 0 unspecified atom stereocenters. The highest BCUT2D eigenvalue weighted by Crippen LogP contribution is 2.14. The highest BCUT2D eigenvalue weighted by Gasteiger charge is 2.33. The number of hydrogen-bond acceptors (Lipinski definition) is 5. The van der Waals surface area contributed by atoms with Gasteiger partial charge < -0.3 is 19.6 Å². The summed E-state index contributed by atoms with van der Waals surface area (Å²) in [6, 6.07) is 1.53.